The van der Waals surface area contributed by atoms with Crippen molar-refractivity contribution in [1.82, 2.24) is 5.32 Å². The maximum atomic E-state index is 12.0. The fourth-order valence-electron chi connectivity index (χ4n) is 2.09. The van der Waals surface area contributed by atoms with Crippen LogP contribution in [0.4, 0.5) is 10.5 Å². The fourth-order valence-corrected chi connectivity index (χ4v) is 2.46. The maximum absolute atomic E-state index is 12.0. The summed E-state index contributed by atoms with van der Waals surface area (Å²) in [5.41, 5.74) is 1.69. The highest BCUT2D eigenvalue weighted by Gasteiger charge is 2.33. The SMILES string of the molecule is Cc1cccc(NC(=O)NC(CC(=O)O)C2CC2)c1Br. The summed E-state index contributed by atoms with van der Waals surface area (Å²) in [5, 5.41) is 14.4. The third kappa shape index (κ3) is 3.96. The molecule has 3 N–H and O–H groups in total. The number of benzene rings is 1. The molecule has 0 bridgehead atoms. The number of rotatable bonds is 5. The molecule has 0 aromatic heterocycles. The van der Waals surface area contributed by atoms with Crippen molar-refractivity contribution < 1.29 is 14.7 Å². The summed E-state index contributed by atoms with van der Waals surface area (Å²) in [6.07, 6.45) is 1.92. The Kier molecular flexibility index (Phi) is 4.65. The van der Waals surface area contributed by atoms with Crippen LogP contribution in [0.15, 0.2) is 22.7 Å². The van der Waals surface area contributed by atoms with E-state index in [1.165, 1.54) is 0 Å². The van der Waals surface area contributed by atoms with Crippen LogP contribution in [0.25, 0.3) is 0 Å². The quantitative estimate of drug-likeness (QED) is 0.770. The second-order valence-electron chi connectivity index (χ2n) is 5.08. The van der Waals surface area contributed by atoms with Gasteiger partial charge < -0.3 is 15.7 Å². The van der Waals surface area contributed by atoms with E-state index in [0.717, 1.165) is 22.9 Å². The normalized spacial score (nSPS) is 15.5. The van der Waals surface area contributed by atoms with Crippen LogP contribution >= 0.6 is 15.9 Å². The summed E-state index contributed by atoms with van der Waals surface area (Å²) in [7, 11) is 0. The molecule has 108 valence electrons. The molecule has 1 atom stereocenters. The van der Waals surface area contributed by atoms with E-state index < -0.39 is 5.97 Å². The van der Waals surface area contributed by atoms with Gasteiger partial charge in [-0.05, 0) is 53.2 Å². The van der Waals surface area contributed by atoms with Crippen molar-refractivity contribution in [2.45, 2.75) is 32.2 Å². The van der Waals surface area contributed by atoms with Gasteiger partial charge >= 0.3 is 12.0 Å². The molecule has 0 radical (unpaired) electrons. The highest BCUT2D eigenvalue weighted by molar-refractivity contribution is 9.10. The van der Waals surface area contributed by atoms with Crippen LogP contribution in [-0.4, -0.2) is 23.1 Å². The van der Waals surface area contributed by atoms with Gasteiger partial charge in [-0.15, -0.1) is 0 Å². The molecule has 1 aromatic carbocycles. The van der Waals surface area contributed by atoms with Gasteiger partial charge in [0.2, 0.25) is 0 Å². The molecule has 5 nitrogen and oxygen atoms in total. The molecular formula is C14H17BrN2O3. The Labute approximate surface area is 125 Å². The lowest BCUT2D eigenvalue weighted by Crippen LogP contribution is -2.40. The molecular weight excluding hydrogens is 324 g/mol. The molecule has 1 unspecified atom stereocenters. The minimum atomic E-state index is -0.890. The first-order chi connectivity index (χ1) is 9.47. The number of aryl methyl sites for hydroxylation is 1. The molecule has 1 fully saturated rings. The fraction of sp³-hybridized carbons (Fsp3) is 0.429. The Hall–Kier alpha value is -1.56. The molecule has 1 aromatic rings. The molecule has 1 aliphatic rings. The second kappa shape index (κ2) is 6.26. The van der Waals surface area contributed by atoms with Crippen LogP contribution in [0, 0.1) is 12.8 Å². The van der Waals surface area contributed by atoms with Crippen LogP contribution in [0.5, 0.6) is 0 Å². The van der Waals surface area contributed by atoms with Crippen LogP contribution < -0.4 is 10.6 Å². The molecule has 20 heavy (non-hydrogen) atoms. The number of aliphatic carboxylic acids is 1. The number of carboxylic acid groups (broad SMARTS) is 1. The number of carboxylic acids is 1. The zero-order valence-electron chi connectivity index (χ0n) is 11.1. The van der Waals surface area contributed by atoms with Gasteiger partial charge in [0.15, 0.2) is 0 Å². The number of anilines is 1. The lowest BCUT2D eigenvalue weighted by molar-refractivity contribution is -0.137. The highest BCUT2D eigenvalue weighted by Crippen LogP contribution is 2.34. The molecule has 1 saturated carbocycles. The minimum absolute atomic E-state index is 0.0346. The monoisotopic (exact) mass is 340 g/mol. The molecule has 6 heteroatoms. The van der Waals surface area contributed by atoms with Crippen molar-refractivity contribution in [3.05, 3.63) is 28.2 Å². The van der Waals surface area contributed by atoms with Gasteiger partial charge in [-0.3, -0.25) is 4.79 Å². The van der Waals surface area contributed by atoms with Gasteiger partial charge in [0.05, 0.1) is 12.1 Å². The Morgan fingerprint density at radius 2 is 2.15 bits per heavy atom. The smallest absolute Gasteiger partial charge is 0.319 e. The summed E-state index contributed by atoms with van der Waals surface area (Å²) in [4.78, 5) is 22.8. The number of urea groups is 1. The van der Waals surface area contributed by atoms with Crippen molar-refractivity contribution in [3.8, 4) is 0 Å². The third-order valence-electron chi connectivity index (χ3n) is 3.34. The lowest BCUT2D eigenvalue weighted by atomic mass is 10.1. The van der Waals surface area contributed by atoms with E-state index in [1.807, 2.05) is 19.1 Å². The number of halogens is 1. The van der Waals surface area contributed by atoms with Crippen LogP contribution in [0.1, 0.15) is 24.8 Å². The Balaban J connectivity index is 1.97. The molecule has 0 spiro atoms. The van der Waals surface area contributed by atoms with E-state index in [0.29, 0.717) is 5.69 Å². The van der Waals surface area contributed by atoms with E-state index in [1.54, 1.807) is 6.07 Å². The third-order valence-corrected chi connectivity index (χ3v) is 4.39. The summed E-state index contributed by atoms with van der Waals surface area (Å²) >= 11 is 3.42. The number of hydrogen-bond donors (Lipinski definition) is 3. The summed E-state index contributed by atoms with van der Waals surface area (Å²) in [6.45, 7) is 1.94. The van der Waals surface area contributed by atoms with Gasteiger partial charge in [-0.2, -0.15) is 0 Å². The highest BCUT2D eigenvalue weighted by atomic mass is 79.9. The second-order valence-corrected chi connectivity index (χ2v) is 5.87. The predicted molar refractivity (Wildman–Crippen MR) is 79.8 cm³/mol. The van der Waals surface area contributed by atoms with E-state index in [4.69, 9.17) is 5.11 Å². The van der Waals surface area contributed by atoms with Gasteiger partial charge in [0.1, 0.15) is 0 Å². The number of carbonyl (C=O) groups is 2. The first kappa shape index (κ1) is 14.8. The van der Waals surface area contributed by atoms with E-state index in [2.05, 4.69) is 26.6 Å². The first-order valence-electron chi connectivity index (χ1n) is 6.52. The van der Waals surface area contributed by atoms with Gasteiger partial charge in [0, 0.05) is 10.5 Å². The first-order valence-corrected chi connectivity index (χ1v) is 7.31. The number of amides is 2. The Bertz CT molecular complexity index is 529. The zero-order valence-corrected chi connectivity index (χ0v) is 12.7. The summed E-state index contributed by atoms with van der Waals surface area (Å²) in [5.74, 6) is -0.600. The van der Waals surface area contributed by atoms with Crippen molar-refractivity contribution >= 4 is 33.6 Å². The lowest BCUT2D eigenvalue weighted by Gasteiger charge is -2.17. The van der Waals surface area contributed by atoms with Gasteiger partial charge in [-0.25, -0.2) is 4.79 Å². The topological polar surface area (TPSA) is 78.4 Å². The largest absolute Gasteiger partial charge is 0.481 e. The molecule has 0 heterocycles. The zero-order chi connectivity index (χ0) is 14.7. The Morgan fingerprint density at radius 3 is 2.75 bits per heavy atom. The van der Waals surface area contributed by atoms with E-state index in [-0.39, 0.29) is 24.4 Å². The van der Waals surface area contributed by atoms with Crippen molar-refractivity contribution in [1.29, 1.82) is 0 Å². The maximum Gasteiger partial charge on any atom is 0.319 e. The molecule has 2 rings (SSSR count). The van der Waals surface area contributed by atoms with Crippen LogP contribution in [0.3, 0.4) is 0 Å². The van der Waals surface area contributed by atoms with Gasteiger partial charge in [-0.1, -0.05) is 12.1 Å². The minimum Gasteiger partial charge on any atom is -0.481 e. The average Bonchev–Trinajstić information content (AvgIpc) is 3.17. The van der Waals surface area contributed by atoms with Crippen LogP contribution in [0.2, 0.25) is 0 Å². The Morgan fingerprint density at radius 1 is 1.45 bits per heavy atom. The van der Waals surface area contributed by atoms with E-state index >= 15 is 0 Å². The standard InChI is InChI=1S/C14H17BrN2O3/c1-8-3-2-4-10(13(8)15)16-14(20)17-11(7-12(18)19)9-5-6-9/h2-4,9,11H,5-7H2,1H3,(H,18,19)(H2,16,17,20). The van der Waals surface area contributed by atoms with Crippen molar-refractivity contribution in [2.75, 3.05) is 5.32 Å². The average molecular weight is 341 g/mol. The predicted octanol–water partition coefficient (Wildman–Crippen LogP) is 3.13. The van der Waals surface area contributed by atoms with E-state index in [9.17, 15) is 9.59 Å². The molecule has 0 aliphatic heterocycles. The molecule has 0 saturated heterocycles. The van der Waals surface area contributed by atoms with Crippen molar-refractivity contribution in [2.24, 2.45) is 5.92 Å². The number of nitrogens with one attached hydrogen (secondary N) is 2. The van der Waals surface area contributed by atoms with Crippen molar-refractivity contribution in [3.63, 3.8) is 0 Å². The van der Waals surface area contributed by atoms with Gasteiger partial charge in [0.25, 0.3) is 0 Å². The van der Waals surface area contributed by atoms with Crippen LogP contribution in [-0.2, 0) is 4.79 Å². The number of hydrogen-bond acceptors (Lipinski definition) is 2. The summed E-state index contributed by atoms with van der Waals surface area (Å²) < 4.78 is 0.830. The molecule has 1 aliphatic carbocycles. The summed E-state index contributed by atoms with van der Waals surface area (Å²) in [6, 6.07) is 4.92. The molecule has 2 amide bonds. The number of carbonyl (C=O) groups excluding carboxylic acids is 1.